The van der Waals surface area contributed by atoms with Gasteiger partial charge in [-0.1, -0.05) is 39.0 Å². The van der Waals surface area contributed by atoms with Gasteiger partial charge in [0.25, 0.3) is 0 Å². The molecule has 0 amide bonds. The van der Waals surface area contributed by atoms with Crippen LogP contribution in [0.3, 0.4) is 0 Å². The highest BCUT2D eigenvalue weighted by atomic mass is 16.4. The molecule has 0 aromatic carbocycles. The third-order valence-corrected chi connectivity index (χ3v) is 4.23. The van der Waals surface area contributed by atoms with Crippen LogP contribution in [0.1, 0.15) is 59.3 Å². The second kappa shape index (κ2) is 6.39. The second-order valence-electron chi connectivity index (χ2n) is 5.74. The molecule has 0 saturated heterocycles. The third-order valence-electron chi connectivity index (χ3n) is 4.23. The average molecular weight is 241 g/mol. The molecule has 0 atom stereocenters. The molecule has 0 unspecified atom stereocenters. The number of carboxylic acids is 1. The Kier molecular flexibility index (Phi) is 5.44. The van der Waals surface area contributed by atoms with Crippen molar-refractivity contribution in [3.63, 3.8) is 0 Å². The number of hydrogen-bond donors (Lipinski definition) is 1. The molecule has 1 saturated carbocycles. The molecule has 1 aliphatic carbocycles. The molecule has 1 fully saturated rings. The maximum absolute atomic E-state index is 11.2. The molecule has 100 valence electrons. The van der Waals surface area contributed by atoms with E-state index >= 15 is 0 Å². The first-order valence-corrected chi connectivity index (χ1v) is 6.97. The maximum atomic E-state index is 11.2. The number of carbonyl (C=O) groups is 1. The molecule has 0 bridgehead atoms. The summed E-state index contributed by atoms with van der Waals surface area (Å²) in [7, 11) is 0. The van der Waals surface area contributed by atoms with E-state index in [4.69, 9.17) is 0 Å². The minimum atomic E-state index is -0.733. The lowest BCUT2D eigenvalue weighted by molar-refractivity contribution is -0.149. The van der Waals surface area contributed by atoms with Crippen LogP contribution in [-0.2, 0) is 4.79 Å². The minimum Gasteiger partial charge on any atom is -0.480 e. The number of aliphatic carboxylic acids is 1. The smallest absolute Gasteiger partial charge is 0.323 e. The molecule has 1 aliphatic rings. The van der Waals surface area contributed by atoms with E-state index in [1.807, 2.05) is 6.92 Å². The van der Waals surface area contributed by atoms with Crippen LogP contribution >= 0.6 is 0 Å². The SMILES string of the molecule is CCN(CCC1CCCCC1)C(C)(C)C(=O)O. The van der Waals surface area contributed by atoms with E-state index in [0.29, 0.717) is 0 Å². The van der Waals surface area contributed by atoms with Crippen LogP contribution < -0.4 is 0 Å². The first-order chi connectivity index (χ1) is 7.98. The Hall–Kier alpha value is -0.570. The highest BCUT2D eigenvalue weighted by Gasteiger charge is 2.33. The lowest BCUT2D eigenvalue weighted by Crippen LogP contribution is -2.50. The van der Waals surface area contributed by atoms with Gasteiger partial charge in [-0.15, -0.1) is 0 Å². The van der Waals surface area contributed by atoms with Crippen LogP contribution in [-0.4, -0.2) is 34.6 Å². The minimum absolute atomic E-state index is 0.719. The molecule has 3 nitrogen and oxygen atoms in total. The number of likely N-dealkylation sites (N-methyl/N-ethyl adjacent to an activating group) is 1. The van der Waals surface area contributed by atoms with Gasteiger partial charge in [-0.3, -0.25) is 9.69 Å². The van der Waals surface area contributed by atoms with Crippen LogP contribution in [0.4, 0.5) is 0 Å². The van der Waals surface area contributed by atoms with Crippen molar-refractivity contribution in [2.45, 2.75) is 64.8 Å². The fraction of sp³-hybridized carbons (Fsp3) is 0.929. The van der Waals surface area contributed by atoms with Gasteiger partial charge in [0.15, 0.2) is 0 Å². The Morgan fingerprint density at radius 2 is 1.88 bits per heavy atom. The average Bonchev–Trinajstić information content (AvgIpc) is 2.30. The molecule has 17 heavy (non-hydrogen) atoms. The molecule has 0 aromatic heterocycles. The molecule has 0 spiro atoms. The van der Waals surface area contributed by atoms with Gasteiger partial charge in [0.05, 0.1) is 0 Å². The lowest BCUT2D eigenvalue weighted by atomic mass is 9.86. The molecule has 0 aromatic rings. The molecule has 0 radical (unpaired) electrons. The van der Waals surface area contributed by atoms with Crippen molar-refractivity contribution >= 4 is 5.97 Å². The van der Waals surface area contributed by atoms with Crippen LogP contribution in [0.15, 0.2) is 0 Å². The largest absolute Gasteiger partial charge is 0.480 e. The van der Waals surface area contributed by atoms with Crippen molar-refractivity contribution in [3.05, 3.63) is 0 Å². The summed E-state index contributed by atoms with van der Waals surface area (Å²) in [6.45, 7) is 7.39. The summed E-state index contributed by atoms with van der Waals surface area (Å²) in [5, 5.41) is 9.24. The number of hydrogen-bond acceptors (Lipinski definition) is 2. The zero-order valence-electron chi connectivity index (χ0n) is 11.5. The lowest BCUT2D eigenvalue weighted by Gasteiger charge is -2.35. The van der Waals surface area contributed by atoms with Gasteiger partial charge >= 0.3 is 5.97 Å². The first kappa shape index (κ1) is 14.5. The van der Waals surface area contributed by atoms with E-state index in [1.165, 1.54) is 32.1 Å². The summed E-state index contributed by atoms with van der Waals surface area (Å²) >= 11 is 0. The predicted octanol–water partition coefficient (Wildman–Crippen LogP) is 3.14. The fourth-order valence-electron chi connectivity index (χ4n) is 2.78. The Morgan fingerprint density at radius 1 is 1.29 bits per heavy atom. The monoisotopic (exact) mass is 241 g/mol. The summed E-state index contributed by atoms with van der Waals surface area (Å²) in [5.41, 5.74) is -0.733. The Balaban J connectivity index is 2.43. The van der Waals surface area contributed by atoms with Crippen molar-refractivity contribution in [1.29, 1.82) is 0 Å². The van der Waals surface area contributed by atoms with Crippen LogP contribution in [0.2, 0.25) is 0 Å². The molecular formula is C14H27NO2. The summed E-state index contributed by atoms with van der Waals surface area (Å²) < 4.78 is 0. The van der Waals surface area contributed by atoms with Gasteiger partial charge in [0.1, 0.15) is 5.54 Å². The van der Waals surface area contributed by atoms with Gasteiger partial charge in [0.2, 0.25) is 0 Å². The maximum Gasteiger partial charge on any atom is 0.323 e. The fourth-order valence-corrected chi connectivity index (χ4v) is 2.78. The van der Waals surface area contributed by atoms with Crippen LogP contribution in [0.25, 0.3) is 0 Å². The van der Waals surface area contributed by atoms with Gasteiger partial charge in [-0.25, -0.2) is 0 Å². The quantitative estimate of drug-likeness (QED) is 0.776. The van der Waals surface area contributed by atoms with Gasteiger partial charge in [-0.05, 0) is 39.3 Å². The van der Waals surface area contributed by atoms with Gasteiger partial charge < -0.3 is 5.11 Å². The van der Waals surface area contributed by atoms with Crippen molar-refractivity contribution in [2.75, 3.05) is 13.1 Å². The Morgan fingerprint density at radius 3 is 2.35 bits per heavy atom. The highest BCUT2D eigenvalue weighted by Crippen LogP contribution is 2.27. The number of rotatable bonds is 6. The van der Waals surface area contributed by atoms with E-state index in [0.717, 1.165) is 25.4 Å². The molecular weight excluding hydrogens is 214 g/mol. The van der Waals surface area contributed by atoms with Crippen molar-refractivity contribution in [1.82, 2.24) is 4.90 Å². The Bertz CT molecular complexity index is 245. The highest BCUT2D eigenvalue weighted by molar-refractivity contribution is 5.77. The van der Waals surface area contributed by atoms with E-state index < -0.39 is 11.5 Å². The standard InChI is InChI=1S/C14H27NO2/c1-4-15(14(2,3)13(16)17)11-10-12-8-6-5-7-9-12/h12H,4-11H2,1-3H3,(H,16,17). The van der Waals surface area contributed by atoms with Crippen LogP contribution in [0.5, 0.6) is 0 Å². The summed E-state index contributed by atoms with van der Waals surface area (Å²) in [6.07, 6.45) is 7.94. The van der Waals surface area contributed by atoms with E-state index in [2.05, 4.69) is 4.90 Å². The van der Waals surface area contributed by atoms with Crippen molar-refractivity contribution in [3.8, 4) is 0 Å². The molecule has 1 N–H and O–H groups in total. The van der Waals surface area contributed by atoms with Crippen molar-refractivity contribution in [2.24, 2.45) is 5.92 Å². The molecule has 0 heterocycles. The van der Waals surface area contributed by atoms with Gasteiger partial charge in [0, 0.05) is 0 Å². The van der Waals surface area contributed by atoms with E-state index in [9.17, 15) is 9.90 Å². The second-order valence-corrected chi connectivity index (χ2v) is 5.74. The summed E-state index contributed by atoms with van der Waals surface area (Å²) in [5.74, 6) is 0.102. The Labute approximate surface area is 105 Å². The molecule has 1 rings (SSSR count). The first-order valence-electron chi connectivity index (χ1n) is 6.97. The third kappa shape index (κ3) is 3.98. The van der Waals surface area contributed by atoms with Crippen LogP contribution in [0, 0.1) is 5.92 Å². The zero-order valence-corrected chi connectivity index (χ0v) is 11.5. The van der Waals surface area contributed by atoms with Crippen molar-refractivity contribution < 1.29 is 9.90 Å². The normalized spacial score (nSPS) is 18.6. The molecule has 0 aliphatic heterocycles. The predicted molar refractivity (Wildman–Crippen MR) is 70.2 cm³/mol. The summed E-state index contributed by atoms with van der Waals surface area (Å²) in [4.78, 5) is 13.3. The van der Waals surface area contributed by atoms with E-state index in [1.54, 1.807) is 13.8 Å². The number of nitrogens with zero attached hydrogens (tertiary/aromatic N) is 1. The van der Waals surface area contributed by atoms with E-state index in [-0.39, 0.29) is 0 Å². The van der Waals surface area contributed by atoms with Gasteiger partial charge in [-0.2, -0.15) is 0 Å². The summed E-state index contributed by atoms with van der Waals surface area (Å²) in [6, 6.07) is 0. The number of carboxylic acid groups (broad SMARTS) is 1. The zero-order chi connectivity index (χ0) is 12.9. The topological polar surface area (TPSA) is 40.5 Å². The molecule has 3 heteroatoms.